The van der Waals surface area contributed by atoms with E-state index < -0.39 is 0 Å². The number of aryl methyl sites for hydroxylation is 2. The fourth-order valence-electron chi connectivity index (χ4n) is 1.94. The van der Waals surface area contributed by atoms with Crippen molar-refractivity contribution >= 4 is 5.91 Å². The standard InChI is InChI=1S/C14H17N3O/c1-10-13(11(2)17-16-10)14(18)15-9-8-12-6-4-3-5-7-12/h3-7H,8-9H2,1-2H3,(H,15,18)(H,16,17). The number of nitrogens with zero attached hydrogens (tertiary/aromatic N) is 1. The molecule has 1 amide bonds. The van der Waals surface area contributed by atoms with E-state index in [1.165, 1.54) is 5.56 Å². The molecular formula is C14H17N3O. The first-order valence-electron chi connectivity index (χ1n) is 6.02. The van der Waals surface area contributed by atoms with Crippen molar-refractivity contribution < 1.29 is 4.79 Å². The summed E-state index contributed by atoms with van der Waals surface area (Å²) in [5.41, 5.74) is 3.43. The van der Waals surface area contributed by atoms with Gasteiger partial charge in [-0.1, -0.05) is 30.3 Å². The summed E-state index contributed by atoms with van der Waals surface area (Å²) >= 11 is 0. The lowest BCUT2D eigenvalue weighted by Crippen LogP contribution is -2.26. The van der Waals surface area contributed by atoms with Crippen LogP contribution in [0, 0.1) is 13.8 Å². The van der Waals surface area contributed by atoms with E-state index in [1.807, 2.05) is 32.0 Å². The molecule has 1 aromatic heterocycles. The van der Waals surface area contributed by atoms with Crippen LogP contribution in [-0.2, 0) is 6.42 Å². The molecule has 4 nitrogen and oxygen atoms in total. The molecule has 4 heteroatoms. The second kappa shape index (κ2) is 5.49. The minimum absolute atomic E-state index is 0.0605. The molecule has 0 aliphatic heterocycles. The van der Waals surface area contributed by atoms with Crippen molar-refractivity contribution in [3.63, 3.8) is 0 Å². The quantitative estimate of drug-likeness (QED) is 0.863. The van der Waals surface area contributed by atoms with Gasteiger partial charge in [-0.15, -0.1) is 0 Å². The lowest BCUT2D eigenvalue weighted by molar-refractivity contribution is 0.0953. The van der Waals surface area contributed by atoms with E-state index in [9.17, 15) is 4.79 Å². The lowest BCUT2D eigenvalue weighted by Gasteiger charge is -2.05. The average Bonchev–Trinajstić information content (AvgIpc) is 2.70. The van der Waals surface area contributed by atoms with Gasteiger partial charge in [0.1, 0.15) is 0 Å². The molecule has 1 aromatic carbocycles. The van der Waals surface area contributed by atoms with Crippen LogP contribution < -0.4 is 5.32 Å². The molecule has 0 spiro atoms. The van der Waals surface area contributed by atoms with Crippen LogP contribution in [0.5, 0.6) is 0 Å². The van der Waals surface area contributed by atoms with Gasteiger partial charge in [0.2, 0.25) is 0 Å². The maximum atomic E-state index is 12.0. The van der Waals surface area contributed by atoms with Crippen molar-refractivity contribution in [3.05, 3.63) is 52.8 Å². The van der Waals surface area contributed by atoms with Gasteiger partial charge in [-0.05, 0) is 25.8 Å². The van der Waals surface area contributed by atoms with Gasteiger partial charge in [0.25, 0.3) is 5.91 Å². The van der Waals surface area contributed by atoms with Gasteiger partial charge in [-0.3, -0.25) is 9.89 Å². The smallest absolute Gasteiger partial charge is 0.255 e. The number of amides is 1. The summed E-state index contributed by atoms with van der Waals surface area (Å²) in [6.45, 7) is 4.31. The number of carbonyl (C=O) groups excluding carboxylic acids is 1. The first-order valence-corrected chi connectivity index (χ1v) is 6.02. The third kappa shape index (κ3) is 2.77. The molecule has 0 radical (unpaired) electrons. The molecule has 0 bridgehead atoms. The molecule has 0 saturated carbocycles. The fraction of sp³-hybridized carbons (Fsp3) is 0.286. The molecule has 1 heterocycles. The summed E-state index contributed by atoms with van der Waals surface area (Å²) in [6.07, 6.45) is 0.836. The fourth-order valence-corrected chi connectivity index (χ4v) is 1.94. The number of H-pyrrole nitrogens is 1. The lowest BCUT2D eigenvalue weighted by atomic mass is 10.1. The van der Waals surface area contributed by atoms with Gasteiger partial charge in [-0.2, -0.15) is 5.10 Å². The van der Waals surface area contributed by atoms with Crippen molar-refractivity contribution in [2.24, 2.45) is 0 Å². The molecule has 18 heavy (non-hydrogen) atoms. The first kappa shape index (κ1) is 12.4. The van der Waals surface area contributed by atoms with Crippen LogP contribution in [0.3, 0.4) is 0 Å². The molecule has 0 aliphatic carbocycles. The second-order valence-electron chi connectivity index (χ2n) is 4.30. The second-order valence-corrected chi connectivity index (χ2v) is 4.30. The van der Waals surface area contributed by atoms with Crippen molar-refractivity contribution in [3.8, 4) is 0 Å². The Balaban J connectivity index is 1.90. The molecule has 2 N–H and O–H groups in total. The summed E-state index contributed by atoms with van der Waals surface area (Å²) in [4.78, 5) is 12.0. The number of aromatic amines is 1. The highest BCUT2D eigenvalue weighted by Crippen LogP contribution is 2.08. The minimum Gasteiger partial charge on any atom is -0.352 e. The number of hydrogen-bond donors (Lipinski definition) is 2. The summed E-state index contributed by atoms with van der Waals surface area (Å²) in [7, 11) is 0. The minimum atomic E-state index is -0.0605. The summed E-state index contributed by atoms with van der Waals surface area (Å²) in [5, 5.41) is 9.75. The van der Waals surface area contributed by atoms with Gasteiger partial charge in [0, 0.05) is 12.2 Å². The van der Waals surface area contributed by atoms with E-state index in [2.05, 4.69) is 27.6 Å². The van der Waals surface area contributed by atoms with E-state index in [0.717, 1.165) is 17.8 Å². The predicted molar refractivity (Wildman–Crippen MR) is 70.5 cm³/mol. The maximum absolute atomic E-state index is 12.0. The third-order valence-electron chi connectivity index (χ3n) is 2.90. The largest absolute Gasteiger partial charge is 0.352 e. The molecule has 94 valence electrons. The number of hydrogen-bond acceptors (Lipinski definition) is 2. The Kier molecular flexibility index (Phi) is 3.77. The molecule has 2 rings (SSSR count). The Hall–Kier alpha value is -2.10. The zero-order chi connectivity index (χ0) is 13.0. The molecule has 2 aromatic rings. The molecule has 0 aliphatic rings. The Morgan fingerprint density at radius 3 is 2.61 bits per heavy atom. The molecule has 0 fully saturated rings. The van der Waals surface area contributed by atoms with Crippen LogP contribution in [0.4, 0.5) is 0 Å². The van der Waals surface area contributed by atoms with E-state index >= 15 is 0 Å². The Bertz CT molecular complexity index is 512. The highest BCUT2D eigenvalue weighted by atomic mass is 16.1. The van der Waals surface area contributed by atoms with Gasteiger partial charge in [0.05, 0.1) is 11.3 Å². The van der Waals surface area contributed by atoms with E-state index in [1.54, 1.807) is 0 Å². The van der Waals surface area contributed by atoms with Crippen LogP contribution in [0.25, 0.3) is 0 Å². The first-order chi connectivity index (χ1) is 8.68. The third-order valence-corrected chi connectivity index (χ3v) is 2.90. The van der Waals surface area contributed by atoms with E-state index in [0.29, 0.717) is 12.1 Å². The molecular weight excluding hydrogens is 226 g/mol. The number of aromatic nitrogens is 2. The van der Waals surface area contributed by atoms with Gasteiger partial charge < -0.3 is 5.32 Å². The SMILES string of the molecule is Cc1n[nH]c(C)c1C(=O)NCCc1ccccc1. The van der Waals surface area contributed by atoms with Crippen LogP contribution in [0.15, 0.2) is 30.3 Å². The zero-order valence-corrected chi connectivity index (χ0v) is 10.7. The maximum Gasteiger partial charge on any atom is 0.255 e. The highest BCUT2D eigenvalue weighted by molar-refractivity contribution is 5.96. The van der Waals surface area contributed by atoms with E-state index in [4.69, 9.17) is 0 Å². The normalized spacial score (nSPS) is 10.3. The average molecular weight is 243 g/mol. The van der Waals surface area contributed by atoms with Crippen LogP contribution in [-0.4, -0.2) is 22.6 Å². The van der Waals surface area contributed by atoms with Gasteiger partial charge in [0.15, 0.2) is 0 Å². The van der Waals surface area contributed by atoms with Gasteiger partial charge >= 0.3 is 0 Å². The Labute approximate surface area is 106 Å². The van der Waals surface area contributed by atoms with Crippen molar-refractivity contribution in [2.75, 3.05) is 6.54 Å². The molecule has 0 saturated heterocycles. The van der Waals surface area contributed by atoms with Crippen molar-refractivity contribution in [1.82, 2.24) is 15.5 Å². The highest BCUT2D eigenvalue weighted by Gasteiger charge is 2.14. The Morgan fingerprint density at radius 1 is 1.28 bits per heavy atom. The van der Waals surface area contributed by atoms with Crippen molar-refractivity contribution in [1.29, 1.82) is 0 Å². The number of nitrogens with one attached hydrogen (secondary N) is 2. The molecule has 0 unspecified atom stereocenters. The summed E-state index contributed by atoms with van der Waals surface area (Å²) in [6, 6.07) is 10.1. The summed E-state index contributed by atoms with van der Waals surface area (Å²) in [5.74, 6) is -0.0605. The van der Waals surface area contributed by atoms with Crippen LogP contribution >= 0.6 is 0 Å². The zero-order valence-electron chi connectivity index (χ0n) is 10.7. The topological polar surface area (TPSA) is 57.8 Å². The van der Waals surface area contributed by atoms with E-state index in [-0.39, 0.29) is 5.91 Å². The number of rotatable bonds is 4. The molecule has 0 atom stereocenters. The number of benzene rings is 1. The number of carbonyl (C=O) groups is 1. The monoisotopic (exact) mass is 243 g/mol. The van der Waals surface area contributed by atoms with Crippen molar-refractivity contribution in [2.45, 2.75) is 20.3 Å². The van der Waals surface area contributed by atoms with Gasteiger partial charge in [-0.25, -0.2) is 0 Å². The van der Waals surface area contributed by atoms with Crippen LogP contribution in [0.1, 0.15) is 27.3 Å². The van der Waals surface area contributed by atoms with Crippen LogP contribution in [0.2, 0.25) is 0 Å². The predicted octanol–water partition coefficient (Wildman–Crippen LogP) is 2.00. The Morgan fingerprint density at radius 2 is 2.00 bits per heavy atom. The summed E-state index contributed by atoms with van der Waals surface area (Å²) < 4.78 is 0.